The van der Waals surface area contributed by atoms with Gasteiger partial charge >= 0.3 is 0 Å². The number of nitrogens with zero attached hydrogens (tertiary/aromatic N) is 1. The smallest absolute Gasteiger partial charge is 0.278 e. The average molecular weight is 430 g/mol. The van der Waals surface area contributed by atoms with Crippen molar-refractivity contribution in [3.8, 4) is 5.75 Å². The number of ether oxygens (including phenoxy) is 1. The molecule has 162 valence electrons. The first kappa shape index (κ1) is 21.3. The van der Waals surface area contributed by atoms with Crippen LogP contribution in [0.2, 0.25) is 0 Å². The predicted octanol–water partition coefficient (Wildman–Crippen LogP) is 5.01. The fourth-order valence-corrected chi connectivity index (χ4v) is 3.53. The van der Waals surface area contributed by atoms with Crippen LogP contribution in [-0.4, -0.2) is 23.3 Å². The molecule has 0 radical (unpaired) electrons. The summed E-state index contributed by atoms with van der Waals surface area (Å²) in [6.45, 7) is 2.45. The van der Waals surface area contributed by atoms with E-state index in [4.69, 9.17) is 4.74 Å². The summed E-state index contributed by atoms with van der Waals surface area (Å²) in [6, 6.07) is 22.3. The van der Waals surface area contributed by atoms with Gasteiger partial charge < -0.3 is 10.1 Å². The molecular weight excluding hydrogens is 407 g/mol. The predicted molar refractivity (Wildman–Crippen MR) is 121 cm³/mol. The Balaban J connectivity index is 1.69. The number of benzene rings is 3. The number of rotatable bonds is 8. The largest absolute Gasteiger partial charge is 0.494 e. The van der Waals surface area contributed by atoms with E-state index in [1.165, 1.54) is 6.07 Å². The lowest BCUT2D eigenvalue weighted by molar-refractivity contribution is -0.137. The Labute approximate surface area is 186 Å². The first-order chi connectivity index (χ1) is 15.6. The lowest BCUT2D eigenvalue weighted by atomic mass is 10.0. The van der Waals surface area contributed by atoms with Crippen molar-refractivity contribution in [1.82, 2.24) is 4.90 Å². The van der Waals surface area contributed by atoms with Crippen molar-refractivity contribution in [2.75, 3.05) is 11.9 Å². The molecule has 6 heteroatoms. The van der Waals surface area contributed by atoms with Gasteiger partial charge in [0.25, 0.3) is 11.8 Å². The fourth-order valence-electron chi connectivity index (χ4n) is 3.53. The Morgan fingerprint density at radius 1 is 0.906 bits per heavy atom. The number of amides is 2. The van der Waals surface area contributed by atoms with Crippen LogP contribution >= 0.6 is 0 Å². The molecule has 0 saturated heterocycles. The van der Waals surface area contributed by atoms with E-state index < -0.39 is 17.6 Å². The summed E-state index contributed by atoms with van der Waals surface area (Å²) in [4.78, 5) is 27.7. The van der Waals surface area contributed by atoms with Gasteiger partial charge in [-0.2, -0.15) is 0 Å². The summed E-state index contributed by atoms with van der Waals surface area (Å²) in [7, 11) is 0. The quantitative estimate of drug-likeness (QED) is 0.511. The van der Waals surface area contributed by atoms with Crippen molar-refractivity contribution < 1.29 is 18.7 Å². The van der Waals surface area contributed by atoms with E-state index in [0.717, 1.165) is 11.3 Å². The monoisotopic (exact) mass is 430 g/mol. The number of anilines is 1. The van der Waals surface area contributed by atoms with Crippen molar-refractivity contribution in [2.45, 2.75) is 19.9 Å². The highest BCUT2D eigenvalue weighted by Gasteiger charge is 2.39. The molecule has 0 fully saturated rings. The first-order valence-corrected chi connectivity index (χ1v) is 10.5. The van der Waals surface area contributed by atoms with Gasteiger partial charge in [-0.05, 0) is 30.2 Å². The molecule has 0 saturated carbocycles. The molecule has 0 unspecified atom stereocenters. The maximum Gasteiger partial charge on any atom is 0.278 e. The fraction of sp³-hybridized carbons (Fsp3) is 0.154. The standard InChI is InChI=1S/C26H23FN2O3/c1-2-15-32-21-13-8-12-20(16-21)28-24-23(18-9-4-3-5-10-18)25(30)29(26(24)31)17-19-11-6-7-14-22(19)27/h3-14,16,28H,2,15,17H2,1H3. The third-order valence-electron chi connectivity index (χ3n) is 5.09. The number of hydrogen-bond donors (Lipinski definition) is 1. The van der Waals surface area contributed by atoms with Crippen LogP contribution in [-0.2, 0) is 16.1 Å². The van der Waals surface area contributed by atoms with Crippen molar-refractivity contribution in [3.05, 3.63) is 102 Å². The summed E-state index contributed by atoms with van der Waals surface area (Å²) in [5, 5.41) is 3.11. The first-order valence-electron chi connectivity index (χ1n) is 10.5. The second-order valence-corrected chi connectivity index (χ2v) is 7.41. The Kier molecular flexibility index (Phi) is 6.31. The number of hydrogen-bond acceptors (Lipinski definition) is 4. The molecule has 2 amide bonds. The molecular formula is C26H23FN2O3. The molecule has 0 bridgehead atoms. The molecule has 1 aliphatic rings. The lowest BCUT2D eigenvalue weighted by Gasteiger charge is -2.16. The van der Waals surface area contributed by atoms with Gasteiger partial charge in [-0.1, -0.05) is 61.5 Å². The Bertz CT molecular complexity index is 1170. The Morgan fingerprint density at radius 3 is 2.41 bits per heavy atom. The molecule has 0 spiro atoms. The normalized spacial score (nSPS) is 13.6. The minimum absolute atomic E-state index is 0.147. The molecule has 1 aliphatic heterocycles. The summed E-state index contributed by atoms with van der Waals surface area (Å²) < 4.78 is 19.9. The molecule has 0 aliphatic carbocycles. The van der Waals surface area contributed by atoms with Gasteiger partial charge in [0.05, 0.1) is 18.7 Å². The van der Waals surface area contributed by atoms with Crippen molar-refractivity contribution >= 4 is 23.1 Å². The van der Waals surface area contributed by atoms with Gasteiger partial charge in [0, 0.05) is 17.3 Å². The van der Waals surface area contributed by atoms with E-state index in [2.05, 4.69) is 5.32 Å². The topological polar surface area (TPSA) is 58.6 Å². The SMILES string of the molecule is CCCOc1cccc(NC2=C(c3ccccc3)C(=O)N(Cc3ccccc3F)C2=O)c1. The second-order valence-electron chi connectivity index (χ2n) is 7.41. The highest BCUT2D eigenvalue weighted by atomic mass is 19.1. The second kappa shape index (κ2) is 9.47. The molecule has 4 rings (SSSR count). The van der Waals surface area contributed by atoms with Crippen molar-refractivity contribution in [2.24, 2.45) is 0 Å². The van der Waals surface area contributed by atoms with Crippen LogP contribution in [0.5, 0.6) is 5.75 Å². The average Bonchev–Trinajstić information content (AvgIpc) is 3.04. The van der Waals surface area contributed by atoms with Crippen LogP contribution in [0.15, 0.2) is 84.6 Å². The minimum atomic E-state index is -0.503. The molecule has 0 aromatic heterocycles. The summed E-state index contributed by atoms with van der Waals surface area (Å²) in [6.07, 6.45) is 0.874. The summed E-state index contributed by atoms with van der Waals surface area (Å²) >= 11 is 0. The zero-order valence-corrected chi connectivity index (χ0v) is 17.7. The van der Waals surface area contributed by atoms with Crippen LogP contribution in [0, 0.1) is 5.82 Å². The minimum Gasteiger partial charge on any atom is -0.494 e. The van der Waals surface area contributed by atoms with Gasteiger partial charge in [-0.3, -0.25) is 14.5 Å². The van der Waals surface area contributed by atoms with E-state index in [0.29, 0.717) is 23.6 Å². The van der Waals surface area contributed by atoms with Gasteiger partial charge in [-0.25, -0.2) is 4.39 Å². The number of imide groups is 1. The highest BCUT2D eigenvalue weighted by molar-refractivity contribution is 6.36. The van der Waals surface area contributed by atoms with Crippen LogP contribution in [0.4, 0.5) is 10.1 Å². The van der Waals surface area contributed by atoms with E-state index in [9.17, 15) is 14.0 Å². The molecule has 3 aromatic rings. The van der Waals surface area contributed by atoms with Crippen molar-refractivity contribution in [3.63, 3.8) is 0 Å². The number of carbonyl (C=O) groups is 2. The third-order valence-corrected chi connectivity index (χ3v) is 5.09. The molecule has 1 N–H and O–H groups in total. The molecule has 1 heterocycles. The maximum absolute atomic E-state index is 14.2. The van der Waals surface area contributed by atoms with Crippen LogP contribution in [0.25, 0.3) is 5.57 Å². The number of carbonyl (C=O) groups excluding carboxylic acids is 2. The van der Waals surface area contributed by atoms with E-state index in [1.54, 1.807) is 54.6 Å². The van der Waals surface area contributed by atoms with E-state index >= 15 is 0 Å². The van der Waals surface area contributed by atoms with Gasteiger partial charge in [0.2, 0.25) is 0 Å². The third kappa shape index (κ3) is 4.39. The molecule has 3 aromatic carbocycles. The zero-order chi connectivity index (χ0) is 22.5. The molecule has 0 atom stereocenters. The summed E-state index contributed by atoms with van der Waals surface area (Å²) in [5.74, 6) is -0.766. The van der Waals surface area contributed by atoms with E-state index in [1.807, 2.05) is 25.1 Å². The van der Waals surface area contributed by atoms with Gasteiger partial charge in [0.15, 0.2) is 0 Å². The number of halogens is 1. The molecule has 5 nitrogen and oxygen atoms in total. The highest BCUT2D eigenvalue weighted by Crippen LogP contribution is 2.32. The van der Waals surface area contributed by atoms with Crippen molar-refractivity contribution in [1.29, 1.82) is 0 Å². The zero-order valence-electron chi connectivity index (χ0n) is 17.7. The summed E-state index contributed by atoms with van der Waals surface area (Å²) in [5.41, 5.74) is 1.92. The maximum atomic E-state index is 14.2. The lowest BCUT2D eigenvalue weighted by Crippen LogP contribution is -2.32. The van der Waals surface area contributed by atoms with Crippen LogP contribution in [0.1, 0.15) is 24.5 Å². The number of nitrogens with one attached hydrogen (secondary N) is 1. The van der Waals surface area contributed by atoms with Gasteiger partial charge in [-0.15, -0.1) is 0 Å². The van der Waals surface area contributed by atoms with E-state index in [-0.39, 0.29) is 23.4 Å². The molecule has 32 heavy (non-hydrogen) atoms. The van der Waals surface area contributed by atoms with Crippen LogP contribution in [0.3, 0.4) is 0 Å². The Hall–Kier alpha value is -3.93. The Morgan fingerprint density at radius 2 is 1.66 bits per heavy atom. The van der Waals surface area contributed by atoms with Gasteiger partial charge in [0.1, 0.15) is 17.3 Å². The van der Waals surface area contributed by atoms with Crippen LogP contribution < -0.4 is 10.1 Å².